The van der Waals surface area contributed by atoms with Gasteiger partial charge in [0, 0.05) is 11.8 Å². The predicted molar refractivity (Wildman–Crippen MR) is 38.8 cm³/mol. The number of rotatable bonds is 1. The molecule has 0 N–H and O–H groups in total. The van der Waals surface area contributed by atoms with Gasteiger partial charge in [-0.15, -0.1) is 0 Å². The second kappa shape index (κ2) is 3.31. The van der Waals surface area contributed by atoms with Crippen molar-refractivity contribution in [2.45, 2.75) is 6.67 Å². The Morgan fingerprint density at radius 2 is 2.45 bits per heavy atom. The molecule has 1 aromatic heterocycles. The van der Waals surface area contributed by atoms with Gasteiger partial charge in [0.15, 0.2) is 0 Å². The van der Waals surface area contributed by atoms with Gasteiger partial charge in [-0.3, -0.25) is 0 Å². The Balaban J connectivity index is 3.15. The molecule has 11 heavy (non-hydrogen) atoms. The standard InChI is InChI=1S/C7H4ClFN2/c8-7-6(3-10)1-5(2-9)4-11-7/h1,4H,2H2. The first-order chi connectivity index (χ1) is 5.27. The summed E-state index contributed by atoms with van der Waals surface area (Å²) < 4.78 is 12.0. The van der Waals surface area contributed by atoms with Crippen molar-refractivity contribution in [3.8, 4) is 6.07 Å². The average molecular weight is 171 g/mol. The summed E-state index contributed by atoms with van der Waals surface area (Å²) in [5.41, 5.74) is 0.577. The van der Waals surface area contributed by atoms with Crippen LogP contribution in [0.4, 0.5) is 4.39 Å². The van der Waals surface area contributed by atoms with E-state index in [1.54, 1.807) is 0 Å². The molecule has 4 heteroatoms. The first-order valence-electron chi connectivity index (χ1n) is 2.88. The van der Waals surface area contributed by atoms with E-state index >= 15 is 0 Å². The van der Waals surface area contributed by atoms with Crippen molar-refractivity contribution in [1.29, 1.82) is 5.26 Å². The zero-order valence-electron chi connectivity index (χ0n) is 5.51. The lowest BCUT2D eigenvalue weighted by Crippen LogP contribution is -1.86. The Labute approximate surface area is 68.2 Å². The maximum Gasteiger partial charge on any atom is 0.146 e. The van der Waals surface area contributed by atoms with Gasteiger partial charge in [0.05, 0.1) is 5.56 Å². The van der Waals surface area contributed by atoms with E-state index in [4.69, 9.17) is 16.9 Å². The van der Waals surface area contributed by atoms with Gasteiger partial charge in [0.25, 0.3) is 0 Å². The average Bonchev–Trinajstić information content (AvgIpc) is 2.05. The monoisotopic (exact) mass is 170 g/mol. The lowest BCUT2D eigenvalue weighted by atomic mass is 10.2. The fourth-order valence-corrected chi connectivity index (χ4v) is 0.788. The summed E-state index contributed by atoms with van der Waals surface area (Å²) >= 11 is 5.50. The smallest absolute Gasteiger partial charge is 0.146 e. The maximum atomic E-state index is 12.0. The van der Waals surface area contributed by atoms with Crippen LogP contribution in [0.15, 0.2) is 12.3 Å². The minimum atomic E-state index is -0.626. The van der Waals surface area contributed by atoms with E-state index in [0.717, 1.165) is 0 Å². The largest absolute Gasteiger partial charge is 0.246 e. The van der Waals surface area contributed by atoms with Gasteiger partial charge in [-0.25, -0.2) is 9.37 Å². The van der Waals surface area contributed by atoms with Gasteiger partial charge in [-0.2, -0.15) is 5.26 Å². The van der Waals surface area contributed by atoms with Crippen LogP contribution < -0.4 is 0 Å². The molecular weight excluding hydrogens is 167 g/mol. The summed E-state index contributed by atoms with van der Waals surface area (Å²) in [5, 5.41) is 8.56. The summed E-state index contributed by atoms with van der Waals surface area (Å²) in [6.45, 7) is -0.626. The van der Waals surface area contributed by atoms with Gasteiger partial charge in [0.2, 0.25) is 0 Å². The lowest BCUT2D eigenvalue weighted by Gasteiger charge is -1.95. The summed E-state index contributed by atoms with van der Waals surface area (Å²) in [7, 11) is 0. The third-order valence-corrected chi connectivity index (χ3v) is 1.47. The molecule has 0 radical (unpaired) electrons. The number of aromatic nitrogens is 1. The Morgan fingerprint density at radius 1 is 1.73 bits per heavy atom. The quantitative estimate of drug-likeness (QED) is 0.605. The maximum absolute atomic E-state index is 12.0. The molecule has 0 saturated carbocycles. The molecule has 0 amide bonds. The number of halogens is 2. The molecule has 0 atom stereocenters. The molecule has 0 bridgehead atoms. The second-order valence-electron chi connectivity index (χ2n) is 1.93. The van der Waals surface area contributed by atoms with Gasteiger partial charge >= 0.3 is 0 Å². The highest BCUT2D eigenvalue weighted by atomic mass is 35.5. The number of hydrogen-bond donors (Lipinski definition) is 0. The van der Waals surface area contributed by atoms with Crippen LogP contribution in [0, 0.1) is 11.3 Å². The number of alkyl halides is 1. The van der Waals surface area contributed by atoms with Crippen LogP contribution in [0.5, 0.6) is 0 Å². The van der Waals surface area contributed by atoms with Crippen molar-refractivity contribution >= 4 is 11.6 Å². The molecular formula is C7H4ClFN2. The number of nitrogens with zero attached hydrogens (tertiary/aromatic N) is 2. The highest BCUT2D eigenvalue weighted by Crippen LogP contribution is 2.13. The Morgan fingerprint density at radius 3 is 3.00 bits per heavy atom. The number of nitriles is 1. The molecule has 1 rings (SSSR count). The van der Waals surface area contributed by atoms with Gasteiger partial charge in [-0.05, 0) is 6.07 Å². The van der Waals surface area contributed by atoms with Crippen LogP contribution in [-0.4, -0.2) is 4.98 Å². The molecule has 2 nitrogen and oxygen atoms in total. The molecule has 0 saturated heterocycles. The van der Waals surface area contributed by atoms with E-state index in [1.807, 2.05) is 6.07 Å². The van der Waals surface area contributed by atoms with Crippen LogP contribution in [0.25, 0.3) is 0 Å². The zero-order valence-corrected chi connectivity index (χ0v) is 6.27. The Kier molecular flexibility index (Phi) is 2.40. The third kappa shape index (κ3) is 1.66. The summed E-state index contributed by atoms with van der Waals surface area (Å²) in [4.78, 5) is 3.62. The van der Waals surface area contributed by atoms with Crippen molar-refractivity contribution < 1.29 is 4.39 Å². The van der Waals surface area contributed by atoms with Crippen molar-refractivity contribution in [3.63, 3.8) is 0 Å². The summed E-state index contributed by atoms with van der Waals surface area (Å²) in [6.07, 6.45) is 1.31. The van der Waals surface area contributed by atoms with E-state index < -0.39 is 6.67 Å². The molecule has 0 aliphatic rings. The molecule has 56 valence electrons. The van der Waals surface area contributed by atoms with Gasteiger partial charge < -0.3 is 0 Å². The number of hydrogen-bond acceptors (Lipinski definition) is 2. The topological polar surface area (TPSA) is 36.7 Å². The first kappa shape index (κ1) is 7.96. The van der Waals surface area contributed by atoms with Crippen LogP contribution >= 0.6 is 11.6 Å². The predicted octanol–water partition coefficient (Wildman–Crippen LogP) is 2.08. The van der Waals surface area contributed by atoms with E-state index in [0.29, 0.717) is 5.56 Å². The van der Waals surface area contributed by atoms with E-state index in [2.05, 4.69) is 4.98 Å². The van der Waals surface area contributed by atoms with Gasteiger partial charge in [0.1, 0.15) is 17.9 Å². The molecule has 0 aliphatic carbocycles. The SMILES string of the molecule is N#Cc1cc(CF)cnc1Cl. The lowest BCUT2D eigenvalue weighted by molar-refractivity contribution is 0.484. The molecule has 0 aliphatic heterocycles. The highest BCUT2D eigenvalue weighted by Gasteiger charge is 2.01. The Hall–Kier alpha value is -1.14. The highest BCUT2D eigenvalue weighted by molar-refractivity contribution is 6.30. The van der Waals surface area contributed by atoms with Gasteiger partial charge in [-0.1, -0.05) is 11.6 Å². The minimum Gasteiger partial charge on any atom is -0.246 e. The van der Waals surface area contributed by atoms with E-state index in [9.17, 15) is 4.39 Å². The summed E-state index contributed by atoms with van der Waals surface area (Å²) in [6, 6.07) is 3.19. The molecule has 0 aromatic carbocycles. The van der Waals surface area contributed by atoms with E-state index in [1.165, 1.54) is 12.3 Å². The van der Waals surface area contributed by atoms with Crippen LogP contribution in [0.3, 0.4) is 0 Å². The first-order valence-corrected chi connectivity index (χ1v) is 3.26. The second-order valence-corrected chi connectivity index (χ2v) is 2.29. The fourth-order valence-electron chi connectivity index (χ4n) is 0.643. The number of pyridine rings is 1. The van der Waals surface area contributed by atoms with Crippen molar-refractivity contribution in [1.82, 2.24) is 4.98 Å². The summed E-state index contributed by atoms with van der Waals surface area (Å²) in [5.74, 6) is 0. The van der Waals surface area contributed by atoms with Crippen LogP contribution in [0.2, 0.25) is 5.15 Å². The molecule has 0 unspecified atom stereocenters. The third-order valence-electron chi connectivity index (χ3n) is 1.17. The van der Waals surface area contributed by atoms with Crippen LogP contribution in [-0.2, 0) is 6.67 Å². The molecule has 1 aromatic rings. The molecule has 0 spiro atoms. The molecule has 1 heterocycles. The van der Waals surface area contributed by atoms with Crippen molar-refractivity contribution in [3.05, 3.63) is 28.5 Å². The normalized spacial score (nSPS) is 9.18. The molecule has 0 fully saturated rings. The van der Waals surface area contributed by atoms with Crippen LogP contribution in [0.1, 0.15) is 11.1 Å². The van der Waals surface area contributed by atoms with E-state index in [-0.39, 0.29) is 10.7 Å². The van der Waals surface area contributed by atoms with Crippen molar-refractivity contribution in [2.75, 3.05) is 0 Å². The fraction of sp³-hybridized carbons (Fsp3) is 0.143. The van der Waals surface area contributed by atoms with Crippen molar-refractivity contribution in [2.24, 2.45) is 0 Å². The minimum absolute atomic E-state index is 0.115. The Bertz CT molecular complexity index is 306. The zero-order chi connectivity index (χ0) is 8.27.